The lowest BCUT2D eigenvalue weighted by atomic mass is 10.00. The molecule has 8 N–H and O–H groups in total. The van der Waals surface area contributed by atoms with E-state index >= 15 is 0 Å². The molecule has 412 valence electrons. The predicted molar refractivity (Wildman–Crippen MR) is 311 cm³/mol. The quantitative estimate of drug-likeness (QED) is 0.0211. The summed E-state index contributed by atoms with van der Waals surface area (Å²) < 4.78 is 32.3. The second-order valence-electron chi connectivity index (χ2n) is 18.3. The van der Waals surface area contributed by atoms with E-state index in [-0.39, 0.29) is 26.4 Å². The number of aliphatic hydroxyl groups is 4. The molecular weight excluding hydrogens is 1000 g/mol. The fraction of sp³-hybridized carbons (Fsp3) is 0.270. The van der Waals surface area contributed by atoms with Gasteiger partial charge in [-0.1, -0.05) is 42.5 Å². The van der Waals surface area contributed by atoms with Gasteiger partial charge in [0.05, 0.1) is 86.2 Å². The zero-order valence-electron chi connectivity index (χ0n) is 44.7. The van der Waals surface area contributed by atoms with Crippen molar-refractivity contribution in [3.63, 3.8) is 0 Å². The minimum atomic E-state index is 0.128. The molecule has 0 saturated carbocycles. The Balaban J connectivity index is 0.000000171. The number of nitrogens with zero attached hydrogens (tertiary/aromatic N) is 3. The van der Waals surface area contributed by atoms with Crippen molar-refractivity contribution in [1.29, 1.82) is 0 Å². The number of methoxy groups -OCH3 is 2. The highest BCUT2D eigenvalue weighted by Crippen LogP contribution is 2.36. The van der Waals surface area contributed by atoms with Crippen LogP contribution in [0, 0.1) is 0 Å². The molecular formula is C63H69N5O11. The van der Waals surface area contributed by atoms with Crippen LogP contribution in [0.3, 0.4) is 0 Å². The van der Waals surface area contributed by atoms with Crippen LogP contribution in [-0.4, -0.2) is 111 Å². The van der Waals surface area contributed by atoms with Gasteiger partial charge in [-0.15, -0.1) is 0 Å². The SMILES string of the molecule is COc1ccc(C2=Nc3cc(OCCCO)ccc3C2)cc1.COc1ccc(C=O)cc1.Nc1ccc(OCCCO)cc1N.OCCCOc1ccc2c(c1)N=C(c1ccc(C3=Nc4cc(OCCCO)ccc4C3)cc1)C2. The molecule has 79 heavy (non-hydrogen) atoms. The van der Waals surface area contributed by atoms with Gasteiger partial charge in [0, 0.05) is 101 Å². The van der Waals surface area contributed by atoms with Gasteiger partial charge < -0.3 is 60.3 Å². The number of anilines is 2. The average Bonchev–Trinajstić information content (AvgIpc) is 4.32. The van der Waals surface area contributed by atoms with Crippen LogP contribution in [0.15, 0.2) is 161 Å². The molecule has 16 nitrogen and oxygen atoms in total. The molecule has 0 fully saturated rings. The summed E-state index contributed by atoms with van der Waals surface area (Å²) in [5.41, 5.74) is 25.8. The van der Waals surface area contributed by atoms with Crippen LogP contribution in [0.1, 0.15) is 69.4 Å². The van der Waals surface area contributed by atoms with E-state index in [9.17, 15) is 4.79 Å². The van der Waals surface area contributed by atoms with E-state index in [1.54, 1.807) is 56.7 Å². The number of hydrogen-bond donors (Lipinski definition) is 6. The number of nitrogen functional groups attached to an aromatic ring is 2. The lowest BCUT2D eigenvalue weighted by molar-refractivity contribution is 0.112. The number of aldehydes is 1. The number of fused-ring (bicyclic) bond motifs is 3. The maximum Gasteiger partial charge on any atom is 0.150 e. The van der Waals surface area contributed by atoms with Gasteiger partial charge in [-0.2, -0.15) is 0 Å². The summed E-state index contributed by atoms with van der Waals surface area (Å²) in [7, 11) is 3.26. The maximum absolute atomic E-state index is 10.2. The Bertz CT molecular complexity index is 3060. The molecule has 7 aromatic carbocycles. The van der Waals surface area contributed by atoms with Crippen LogP contribution in [0.5, 0.6) is 34.5 Å². The van der Waals surface area contributed by atoms with Crippen molar-refractivity contribution in [2.75, 3.05) is 78.5 Å². The van der Waals surface area contributed by atoms with E-state index in [0.29, 0.717) is 74.8 Å². The number of benzene rings is 7. The molecule has 3 aliphatic heterocycles. The number of ether oxygens (including phenoxy) is 6. The number of hydrogen-bond acceptors (Lipinski definition) is 16. The summed E-state index contributed by atoms with van der Waals surface area (Å²) in [6.45, 7) is 2.53. The second-order valence-corrected chi connectivity index (χ2v) is 18.3. The summed E-state index contributed by atoms with van der Waals surface area (Å²) in [5, 5.41) is 35.1. The molecule has 0 aromatic heterocycles. The first-order valence-electron chi connectivity index (χ1n) is 26.2. The Kier molecular flexibility index (Phi) is 22.4. The van der Waals surface area contributed by atoms with Crippen molar-refractivity contribution in [2.45, 2.75) is 44.9 Å². The van der Waals surface area contributed by atoms with Crippen LogP contribution in [-0.2, 0) is 19.3 Å². The Morgan fingerprint density at radius 2 is 0.709 bits per heavy atom. The molecule has 3 heterocycles. The predicted octanol–water partition coefficient (Wildman–Crippen LogP) is 9.82. The van der Waals surface area contributed by atoms with Crippen LogP contribution < -0.4 is 39.9 Å². The smallest absolute Gasteiger partial charge is 0.150 e. The molecule has 0 unspecified atom stereocenters. The molecule has 0 saturated heterocycles. The summed E-state index contributed by atoms with van der Waals surface area (Å²) in [6.07, 6.45) is 5.73. The first-order valence-corrected chi connectivity index (χ1v) is 26.2. The van der Waals surface area contributed by atoms with Gasteiger partial charge in [-0.05, 0) is 112 Å². The van der Waals surface area contributed by atoms with E-state index in [4.69, 9.17) is 75.3 Å². The summed E-state index contributed by atoms with van der Waals surface area (Å²) in [4.78, 5) is 24.6. The minimum Gasteiger partial charge on any atom is -0.497 e. The van der Waals surface area contributed by atoms with Gasteiger partial charge in [0.1, 0.15) is 40.8 Å². The highest BCUT2D eigenvalue weighted by molar-refractivity contribution is 6.09. The molecule has 0 spiro atoms. The van der Waals surface area contributed by atoms with E-state index in [0.717, 1.165) is 105 Å². The molecule has 10 rings (SSSR count). The van der Waals surface area contributed by atoms with E-state index in [1.165, 1.54) is 16.7 Å². The minimum absolute atomic E-state index is 0.128. The highest BCUT2D eigenvalue weighted by Gasteiger charge is 2.21. The monoisotopic (exact) mass is 1070 g/mol. The largest absolute Gasteiger partial charge is 0.497 e. The van der Waals surface area contributed by atoms with Crippen LogP contribution in [0.2, 0.25) is 0 Å². The van der Waals surface area contributed by atoms with Crippen molar-refractivity contribution >= 4 is 51.9 Å². The zero-order valence-corrected chi connectivity index (χ0v) is 44.7. The number of aliphatic hydroxyl groups excluding tert-OH is 4. The second kappa shape index (κ2) is 30.4. The normalized spacial score (nSPS) is 12.3. The first-order chi connectivity index (χ1) is 38.6. The third-order valence-electron chi connectivity index (χ3n) is 12.6. The van der Waals surface area contributed by atoms with Crippen molar-refractivity contribution in [3.05, 3.63) is 185 Å². The van der Waals surface area contributed by atoms with Crippen LogP contribution in [0.4, 0.5) is 28.4 Å². The summed E-state index contributed by atoms with van der Waals surface area (Å²) in [6, 6.07) is 46.5. The Labute approximate surface area is 461 Å². The summed E-state index contributed by atoms with van der Waals surface area (Å²) in [5.74, 6) is 4.67. The molecule has 7 aromatic rings. The molecule has 3 aliphatic rings. The van der Waals surface area contributed by atoms with Crippen molar-refractivity contribution < 1.29 is 53.6 Å². The Morgan fingerprint density at radius 1 is 0.405 bits per heavy atom. The molecule has 16 heteroatoms. The van der Waals surface area contributed by atoms with Crippen LogP contribution in [0.25, 0.3) is 0 Å². The maximum atomic E-state index is 10.2. The highest BCUT2D eigenvalue weighted by atomic mass is 16.5. The Morgan fingerprint density at radius 3 is 1.03 bits per heavy atom. The fourth-order valence-corrected chi connectivity index (χ4v) is 8.24. The van der Waals surface area contributed by atoms with E-state index in [2.05, 4.69) is 42.5 Å². The third kappa shape index (κ3) is 17.2. The average molecular weight is 1070 g/mol. The lowest BCUT2D eigenvalue weighted by Gasteiger charge is -2.06. The molecule has 0 aliphatic carbocycles. The fourth-order valence-electron chi connectivity index (χ4n) is 8.24. The molecule has 0 amide bonds. The zero-order chi connectivity index (χ0) is 55.8. The number of rotatable bonds is 22. The van der Waals surface area contributed by atoms with Gasteiger partial charge in [0.25, 0.3) is 0 Å². The topological polar surface area (TPSA) is 242 Å². The molecule has 0 radical (unpaired) electrons. The number of carbonyl (C=O) groups is 1. The van der Waals surface area contributed by atoms with Gasteiger partial charge in [0.15, 0.2) is 0 Å². The Hall–Kier alpha value is -8.54. The van der Waals surface area contributed by atoms with E-state index in [1.807, 2.05) is 60.7 Å². The van der Waals surface area contributed by atoms with E-state index < -0.39 is 0 Å². The first kappa shape index (κ1) is 58.1. The van der Waals surface area contributed by atoms with Crippen molar-refractivity contribution in [1.82, 2.24) is 0 Å². The van der Waals surface area contributed by atoms with Gasteiger partial charge in [0.2, 0.25) is 0 Å². The summed E-state index contributed by atoms with van der Waals surface area (Å²) >= 11 is 0. The number of nitrogens with two attached hydrogens (primary N) is 2. The van der Waals surface area contributed by atoms with Gasteiger partial charge in [-0.25, -0.2) is 0 Å². The molecule has 0 atom stereocenters. The van der Waals surface area contributed by atoms with Crippen LogP contribution >= 0.6 is 0 Å². The van der Waals surface area contributed by atoms with Gasteiger partial charge in [-0.3, -0.25) is 19.8 Å². The third-order valence-corrected chi connectivity index (χ3v) is 12.6. The standard InChI is InChI=1S/C28H28N2O4.C18H19NO3.C9H14N2O2.C8H8O2/c31-11-1-13-33-23-9-7-21-15-25(29-27(21)17-23)19-3-5-20(6-4-19)26-16-22-8-10-24(18-28(22)30-26)34-14-2-12-32;1-21-15-6-3-13(4-7-15)17-11-14-5-8-16(12-18(14)19-17)22-10-2-9-20;10-8-3-2-7(6-9(8)11)13-5-1-4-12;1-10-8-4-2-7(6-9)3-5-8/h3-10,17-18,31-32H,1-2,11-16H2;3-8,12,20H,2,9-11H2,1H3;2-3,6,12H,1,4-5,10-11H2;2-6H,1H3. The van der Waals surface area contributed by atoms with Crippen molar-refractivity contribution in [2.24, 2.45) is 15.0 Å². The lowest BCUT2D eigenvalue weighted by Crippen LogP contribution is -2.04. The molecule has 0 bridgehead atoms. The number of aliphatic imine (C=N–C) groups is 3. The number of carbonyl (C=O) groups excluding carboxylic acids is 1. The van der Waals surface area contributed by atoms with Crippen molar-refractivity contribution in [3.8, 4) is 34.5 Å². The van der Waals surface area contributed by atoms with Gasteiger partial charge >= 0.3 is 0 Å².